The Morgan fingerprint density at radius 1 is 1.24 bits per heavy atom. The van der Waals surface area contributed by atoms with Crippen LogP contribution in [0.2, 0.25) is 5.02 Å². The second-order valence-electron chi connectivity index (χ2n) is 4.41. The minimum atomic E-state index is -3.63. The van der Waals surface area contributed by atoms with Crippen molar-refractivity contribution in [2.45, 2.75) is 10.6 Å². The molecule has 0 spiro atoms. The fourth-order valence-electron chi connectivity index (χ4n) is 1.90. The van der Waals surface area contributed by atoms with E-state index >= 15 is 0 Å². The summed E-state index contributed by atoms with van der Waals surface area (Å²) in [6, 6.07) is 9.58. The standard InChI is InChI=1S/C14H13BrClNO3S/c1-20-13-5-2-10(15)6-9(13)8-21(18,19)14-7-11(17)3-4-12(14)16/h2-7H,8,17H2,1H3. The zero-order valence-electron chi connectivity index (χ0n) is 11.1. The van der Waals surface area contributed by atoms with Crippen LogP contribution in [-0.2, 0) is 15.6 Å². The average molecular weight is 391 g/mol. The molecule has 112 valence electrons. The summed E-state index contributed by atoms with van der Waals surface area (Å²) in [4.78, 5) is 0.0196. The van der Waals surface area contributed by atoms with E-state index in [9.17, 15) is 8.42 Å². The first kappa shape index (κ1) is 16.1. The van der Waals surface area contributed by atoms with Gasteiger partial charge in [0.25, 0.3) is 0 Å². The maximum absolute atomic E-state index is 12.5. The van der Waals surface area contributed by atoms with E-state index < -0.39 is 9.84 Å². The zero-order valence-corrected chi connectivity index (χ0v) is 14.3. The van der Waals surface area contributed by atoms with E-state index in [1.165, 1.54) is 19.2 Å². The molecule has 2 rings (SSSR count). The van der Waals surface area contributed by atoms with E-state index in [0.29, 0.717) is 17.0 Å². The molecular formula is C14H13BrClNO3S. The highest BCUT2D eigenvalue weighted by atomic mass is 79.9. The highest BCUT2D eigenvalue weighted by Gasteiger charge is 2.21. The van der Waals surface area contributed by atoms with Gasteiger partial charge in [0, 0.05) is 15.7 Å². The first-order valence-electron chi connectivity index (χ1n) is 5.93. The molecule has 7 heteroatoms. The van der Waals surface area contributed by atoms with Gasteiger partial charge in [-0.05, 0) is 36.4 Å². The Morgan fingerprint density at radius 2 is 1.95 bits per heavy atom. The van der Waals surface area contributed by atoms with Crippen molar-refractivity contribution in [3.63, 3.8) is 0 Å². The summed E-state index contributed by atoms with van der Waals surface area (Å²) in [6.45, 7) is 0. The van der Waals surface area contributed by atoms with Crippen LogP contribution < -0.4 is 10.5 Å². The van der Waals surface area contributed by atoms with E-state index in [1.54, 1.807) is 24.3 Å². The molecule has 0 amide bonds. The molecule has 0 heterocycles. The van der Waals surface area contributed by atoms with Crippen LogP contribution in [0.15, 0.2) is 45.8 Å². The minimum Gasteiger partial charge on any atom is -0.496 e. The molecule has 2 aromatic rings. The Bertz CT molecular complexity index is 778. The number of benzene rings is 2. The normalized spacial score (nSPS) is 11.4. The van der Waals surface area contributed by atoms with Crippen molar-refractivity contribution in [1.82, 2.24) is 0 Å². The fourth-order valence-corrected chi connectivity index (χ4v) is 4.25. The Balaban J connectivity index is 2.47. The number of hydrogen-bond donors (Lipinski definition) is 1. The maximum atomic E-state index is 12.5. The van der Waals surface area contributed by atoms with Crippen molar-refractivity contribution in [2.75, 3.05) is 12.8 Å². The van der Waals surface area contributed by atoms with Crippen LogP contribution in [0, 0.1) is 0 Å². The topological polar surface area (TPSA) is 69.4 Å². The number of methoxy groups -OCH3 is 1. The van der Waals surface area contributed by atoms with Crippen molar-refractivity contribution in [3.8, 4) is 5.75 Å². The van der Waals surface area contributed by atoms with Gasteiger partial charge in [-0.2, -0.15) is 0 Å². The first-order valence-corrected chi connectivity index (χ1v) is 8.76. The number of halogens is 2. The molecular weight excluding hydrogens is 378 g/mol. The van der Waals surface area contributed by atoms with Crippen LogP contribution >= 0.6 is 27.5 Å². The van der Waals surface area contributed by atoms with Gasteiger partial charge in [-0.15, -0.1) is 0 Å². The molecule has 0 saturated heterocycles. The molecule has 21 heavy (non-hydrogen) atoms. The van der Waals surface area contributed by atoms with Crippen LogP contribution in [0.25, 0.3) is 0 Å². The van der Waals surface area contributed by atoms with E-state index in [-0.39, 0.29) is 15.7 Å². The third-order valence-corrected chi connectivity index (χ3v) is 5.51. The Labute approximate surface area is 136 Å². The van der Waals surface area contributed by atoms with Crippen LogP contribution in [0.5, 0.6) is 5.75 Å². The van der Waals surface area contributed by atoms with Gasteiger partial charge in [0.2, 0.25) is 0 Å². The van der Waals surface area contributed by atoms with Gasteiger partial charge < -0.3 is 10.5 Å². The largest absolute Gasteiger partial charge is 0.496 e. The van der Waals surface area contributed by atoms with Crippen LogP contribution in [-0.4, -0.2) is 15.5 Å². The monoisotopic (exact) mass is 389 g/mol. The average Bonchev–Trinajstić information content (AvgIpc) is 2.41. The molecule has 0 aromatic heterocycles. The summed E-state index contributed by atoms with van der Waals surface area (Å²) >= 11 is 9.30. The lowest BCUT2D eigenvalue weighted by Crippen LogP contribution is -2.07. The van der Waals surface area contributed by atoms with Crippen molar-refractivity contribution < 1.29 is 13.2 Å². The van der Waals surface area contributed by atoms with E-state index in [4.69, 9.17) is 22.1 Å². The second-order valence-corrected chi connectivity index (χ2v) is 7.69. The van der Waals surface area contributed by atoms with Gasteiger partial charge in [0.05, 0.1) is 22.8 Å². The quantitative estimate of drug-likeness (QED) is 0.809. The second kappa shape index (κ2) is 6.25. The van der Waals surface area contributed by atoms with Gasteiger partial charge in [-0.25, -0.2) is 8.42 Å². The molecule has 2 aromatic carbocycles. The summed E-state index contributed by atoms with van der Waals surface area (Å²) in [5.74, 6) is 0.278. The lowest BCUT2D eigenvalue weighted by Gasteiger charge is -2.11. The first-order chi connectivity index (χ1) is 9.83. The molecule has 0 fully saturated rings. The predicted molar refractivity (Wildman–Crippen MR) is 87.4 cm³/mol. The minimum absolute atomic E-state index is 0.0196. The number of rotatable bonds is 4. The number of hydrogen-bond acceptors (Lipinski definition) is 4. The summed E-state index contributed by atoms with van der Waals surface area (Å²) < 4.78 is 31.1. The molecule has 0 aliphatic rings. The van der Waals surface area contributed by atoms with Crippen LogP contribution in [0.3, 0.4) is 0 Å². The highest BCUT2D eigenvalue weighted by molar-refractivity contribution is 9.10. The van der Waals surface area contributed by atoms with Gasteiger partial charge in [-0.1, -0.05) is 27.5 Å². The highest BCUT2D eigenvalue weighted by Crippen LogP contribution is 2.30. The summed E-state index contributed by atoms with van der Waals surface area (Å²) in [7, 11) is -2.14. The predicted octanol–water partition coefficient (Wildman–Crippen LogP) is 3.67. The van der Waals surface area contributed by atoms with Crippen molar-refractivity contribution in [1.29, 1.82) is 0 Å². The van der Waals surface area contributed by atoms with E-state index in [0.717, 1.165) is 4.47 Å². The summed E-state index contributed by atoms with van der Waals surface area (Å²) in [5, 5.41) is 0.151. The Kier molecular flexibility index (Phi) is 4.81. The Morgan fingerprint density at radius 3 is 2.62 bits per heavy atom. The van der Waals surface area contributed by atoms with E-state index in [2.05, 4.69) is 15.9 Å². The fraction of sp³-hybridized carbons (Fsp3) is 0.143. The van der Waals surface area contributed by atoms with Gasteiger partial charge >= 0.3 is 0 Å². The lowest BCUT2D eigenvalue weighted by atomic mass is 10.2. The summed E-state index contributed by atoms with van der Waals surface area (Å²) in [5.41, 5.74) is 6.54. The van der Waals surface area contributed by atoms with Gasteiger partial charge in [0.15, 0.2) is 9.84 Å². The molecule has 4 nitrogen and oxygen atoms in total. The number of ether oxygens (including phenoxy) is 1. The third kappa shape index (κ3) is 3.70. The molecule has 2 N–H and O–H groups in total. The number of nitrogens with two attached hydrogens (primary N) is 1. The van der Waals surface area contributed by atoms with Gasteiger partial charge in [0.1, 0.15) is 5.75 Å². The molecule has 0 saturated carbocycles. The van der Waals surface area contributed by atoms with Crippen molar-refractivity contribution >= 4 is 43.1 Å². The van der Waals surface area contributed by atoms with Crippen molar-refractivity contribution in [3.05, 3.63) is 51.5 Å². The van der Waals surface area contributed by atoms with Crippen molar-refractivity contribution in [2.24, 2.45) is 0 Å². The molecule has 0 bridgehead atoms. The smallest absolute Gasteiger partial charge is 0.184 e. The molecule has 0 atom stereocenters. The molecule has 0 unspecified atom stereocenters. The molecule has 0 aliphatic heterocycles. The number of nitrogen functional groups attached to an aromatic ring is 1. The van der Waals surface area contributed by atoms with E-state index in [1.807, 2.05) is 0 Å². The maximum Gasteiger partial charge on any atom is 0.184 e. The lowest BCUT2D eigenvalue weighted by molar-refractivity contribution is 0.411. The van der Waals surface area contributed by atoms with Gasteiger partial charge in [-0.3, -0.25) is 0 Å². The van der Waals surface area contributed by atoms with Crippen LogP contribution in [0.4, 0.5) is 5.69 Å². The summed E-state index contributed by atoms with van der Waals surface area (Å²) in [6.07, 6.45) is 0. The third-order valence-electron chi connectivity index (χ3n) is 2.88. The molecule has 0 aliphatic carbocycles. The number of sulfone groups is 1. The van der Waals surface area contributed by atoms with Crippen LogP contribution in [0.1, 0.15) is 5.56 Å². The SMILES string of the molecule is COc1ccc(Br)cc1CS(=O)(=O)c1cc(N)ccc1Cl. The number of anilines is 1. The zero-order chi connectivity index (χ0) is 15.6. The Hall–Kier alpha value is -1.24. The molecule has 0 radical (unpaired) electrons.